The molecule has 0 atom stereocenters. The molecule has 0 aliphatic heterocycles. The second kappa shape index (κ2) is 5.25. The number of hydrogen-bond donors (Lipinski definition) is 1. The summed E-state index contributed by atoms with van der Waals surface area (Å²) in [6.45, 7) is 0.725. The smallest absolute Gasteiger partial charge is 0.123 e. The molecule has 4 heteroatoms. The van der Waals surface area contributed by atoms with Crippen LogP contribution >= 0.6 is 0 Å². The topological polar surface area (TPSA) is 39.1 Å². The third-order valence-electron chi connectivity index (χ3n) is 3.40. The van der Waals surface area contributed by atoms with E-state index in [9.17, 15) is 0 Å². The van der Waals surface area contributed by atoms with E-state index in [1.165, 1.54) is 0 Å². The van der Waals surface area contributed by atoms with Gasteiger partial charge < -0.3 is 14.6 Å². The van der Waals surface area contributed by atoms with Gasteiger partial charge in [-0.3, -0.25) is 0 Å². The summed E-state index contributed by atoms with van der Waals surface area (Å²) < 4.78 is 7.36. The molecule has 20 heavy (non-hydrogen) atoms. The van der Waals surface area contributed by atoms with E-state index in [1.54, 1.807) is 7.11 Å². The fraction of sp³-hybridized carbons (Fsp3) is 0.188. The van der Waals surface area contributed by atoms with Crippen LogP contribution in [0.2, 0.25) is 0 Å². The Bertz CT molecular complexity index is 733. The molecule has 0 aliphatic rings. The van der Waals surface area contributed by atoms with E-state index >= 15 is 0 Å². The van der Waals surface area contributed by atoms with Crippen molar-refractivity contribution in [3.63, 3.8) is 0 Å². The van der Waals surface area contributed by atoms with E-state index in [-0.39, 0.29) is 0 Å². The first kappa shape index (κ1) is 12.5. The number of methoxy groups -OCH3 is 1. The molecule has 0 amide bonds. The molecule has 3 rings (SSSR count). The molecule has 0 unspecified atom stereocenters. The highest BCUT2D eigenvalue weighted by Gasteiger charge is 2.03. The van der Waals surface area contributed by atoms with Gasteiger partial charge >= 0.3 is 0 Å². The van der Waals surface area contributed by atoms with Crippen LogP contribution in [-0.4, -0.2) is 16.7 Å². The highest BCUT2D eigenvalue weighted by molar-refractivity contribution is 5.79. The van der Waals surface area contributed by atoms with Crippen molar-refractivity contribution in [3.05, 3.63) is 54.4 Å². The summed E-state index contributed by atoms with van der Waals surface area (Å²) in [5.74, 6) is 0.902. The molecule has 102 valence electrons. The standard InChI is InChI=1S/C16H17N3O/c1-19-11-18-14-9-13(7-8-15(14)19)17-10-12-5-3-4-6-16(12)20-2/h3-9,11,17H,10H2,1-2H3. The van der Waals surface area contributed by atoms with Gasteiger partial charge in [0.25, 0.3) is 0 Å². The second-order valence-electron chi connectivity index (χ2n) is 4.72. The van der Waals surface area contributed by atoms with Gasteiger partial charge in [0.05, 0.1) is 24.5 Å². The minimum Gasteiger partial charge on any atom is -0.496 e. The lowest BCUT2D eigenvalue weighted by Gasteiger charge is -2.10. The van der Waals surface area contributed by atoms with Gasteiger partial charge in [-0.05, 0) is 24.3 Å². The van der Waals surface area contributed by atoms with Crippen molar-refractivity contribution in [1.82, 2.24) is 9.55 Å². The van der Waals surface area contributed by atoms with Gasteiger partial charge in [0.1, 0.15) is 5.75 Å². The van der Waals surface area contributed by atoms with Crippen molar-refractivity contribution in [2.75, 3.05) is 12.4 Å². The number of aryl methyl sites for hydroxylation is 1. The number of para-hydroxylation sites is 1. The van der Waals surface area contributed by atoms with Crippen LogP contribution in [0.3, 0.4) is 0 Å². The Labute approximate surface area is 118 Å². The van der Waals surface area contributed by atoms with Crippen LogP contribution in [0, 0.1) is 0 Å². The van der Waals surface area contributed by atoms with Gasteiger partial charge in [-0.1, -0.05) is 18.2 Å². The zero-order valence-electron chi connectivity index (χ0n) is 11.6. The molecule has 0 spiro atoms. The summed E-state index contributed by atoms with van der Waals surface area (Å²) in [7, 11) is 3.69. The van der Waals surface area contributed by atoms with E-state index in [0.717, 1.165) is 34.6 Å². The highest BCUT2D eigenvalue weighted by Crippen LogP contribution is 2.21. The van der Waals surface area contributed by atoms with Gasteiger partial charge in [-0.25, -0.2) is 4.98 Å². The SMILES string of the molecule is COc1ccccc1CNc1ccc2c(c1)ncn2C. The molecule has 2 aromatic carbocycles. The van der Waals surface area contributed by atoms with Crippen LogP contribution in [-0.2, 0) is 13.6 Å². The van der Waals surface area contributed by atoms with Crippen LogP contribution in [0.4, 0.5) is 5.69 Å². The fourth-order valence-corrected chi connectivity index (χ4v) is 2.29. The predicted molar refractivity (Wildman–Crippen MR) is 81.0 cm³/mol. The summed E-state index contributed by atoms with van der Waals surface area (Å²) in [4.78, 5) is 4.37. The van der Waals surface area contributed by atoms with E-state index in [0.29, 0.717) is 0 Å². The van der Waals surface area contributed by atoms with Crippen LogP contribution in [0.5, 0.6) is 5.75 Å². The first-order valence-corrected chi connectivity index (χ1v) is 6.55. The van der Waals surface area contributed by atoms with Crippen molar-refractivity contribution in [2.45, 2.75) is 6.54 Å². The fourth-order valence-electron chi connectivity index (χ4n) is 2.29. The Balaban J connectivity index is 1.79. The Morgan fingerprint density at radius 2 is 2.05 bits per heavy atom. The van der Waals surface area contributed by atoms with Crippen LogP contribution in [0.1, 0.15) is 5.56 Å². The lowest BCUT2D eigenvalue weighted by Crippen LogP contribution is -2.01. The minimum absolute atomic E-state index is 0.725. The maximum Gasteiger partial charge on any atom is 0.123 e. The average Bonchev–Trinajstić information content (AvgIpc) is 2.86. The average molecular weight is 267 g/mol. The van der Waals surface area contributed by atoms with Crippen molar-refractivity contribution in [2.24, 2.45) is 7.05 Å². The number of anilines is 1. The molecule has 1 N–H and O–H groups in total. The van der Waals surface area contributed by atoms with Crippen molar-refractivity contribution >= 4 is 16.7 Å². The van der Waals surface area contributed by atoms with Crippen LogP contribution in [0.25, 0.3) is 11.0 Å². The number of imidazole rings is 1. The first-order chi connectivity index (χ1) is 9.78. The molecule has 0 aliphatic carbocycles. The summed E-state index contributed by atoms with van der Waals surface area (Å²) >= 11 is 0. The quantitative estimate of drug-likeness (QED) is 0.789. The molecule has 1 heterocycles. The van der Waals surface area contributed by atoms with E-state index < -0.39 is 0 Å². The Kier molecular flexibility index (Phi) is 3.29. The maximum absolute atomic E-state index is 5.35. The van der Waals surface area contributed by atoms with Crippen molar-refractivity contribution in [3.8, 4) is 5.75 Å². The number of aromatic nitrogens is 2. The van der Waals surface area contributed by atoms with Crippen LogP contribution < -0.4 is 10.1 Å². The zero-order valence-corrected chi connectivity index (χ0v) is 11.6. The molecule has 3 aromatic rings. The Morgan fingerprint density at radius 1 is 1.20 bits per heavy atom. The number of nitrogens with zero attached hydrogens (tertiary/aromatic N) is 2. The summed E-state index contributed by atoms with van der Waals surface area (Å²) in [5.41, 5.74) is 4.32. The molecular formula is C16H17N3O. The molecule has 0 bridgehead atoms. The van der Waals surface area contributed by atoms with E-state index in [2.05, 4.69) is 34.6 Å². The van der Waals surface area contributed by atoms with E-state index in [1.807, 2.05) is 36.1 Å². The second-order valence-corrected chi connectivity index (χ2v) is 4.72. The third kappa shape index (κ3) is 2.32. The zero-order chi connectivity index (χ0) is 13.9. The first-order valence-electron chi connectivity index (χ1n) is 6.55. The Hall–Kier alpha value is -2.49. The van der Waals surface area contributed by atoms with Gasteiger partial charge in [0, 0.05) is 24.8 Å². The number of benzene rings is 2. The van der Waals surface area contributed by atoms with Gasteiger partial charge in [-0.2, -0.15) is 0 Å². The highest BCUT2D eigenvalue weighted by atomic mass is 16.5. The predicted octanol–water partition coefficient (Wildman–Crippen LogP) is 3.19. The molecule has 4 nitrogen and oxygen atoms in total. The number of rotatable bonds is 4. The minimum atomic E-state index is 0.725. The molecule has 1 aromatic heterocycles. The third-order valence-corrected chi connectivity index (χ3v) is 3.40. The van der Waals surface area contributed by atoms with Crippen molar-refractivity contribution in [1.29, 1.82) is 0 Å². The molecule has 0 radical (unpaired) electrons. The van der Waals surface area contributed by atoms with Gasteiger partial charge in [0.2, 0.25) is 0 Å². The molecule has 0 fully saturated rings. The number of nitrogens with one attached hydrogen (secondary N) is 1. The lowest BCUT2D eigenvalue weighted by molar-refractivity contribution is 0.410. The Morgan fingerprint density at radius 3 is 2.90 bits per heavy atom. The van der Waals surface area contributed by atoms with Gasteiger partial charge in [-0.15, -0.1) is 0 Å². The largest absolute Gasteiger partial charge is 0.496 e. The number of fused-ring (bicyclic) bond motifs is 1. The molecule has 0 saturated carbocycles. The maximum atomic E-state index is 5.35. The summed E-state index contributed by atoms with van der Waals surface area (Å²) in [5, 5.41) is 3.41. The van der Waals surface area contributed by atoms with Gasteiger partial charge in [0.15, 0.2) is 0 Å². The lowest BCUT2D eigenvalue weighted by atomic mass is 10.2. The number of ether oxygens (including phenoxy) is 1. The monoisotopic (exact) mass is 267 g/mol. The number of hydrogen-bond acceptors (Lipinski definition) is 3. The molecule has 0 saturated heterocycles. The van der Waals surface area contributed by atoms with E-state index in [4.69, 9.17) is 4.74 Å². The molecular weight excluding hydrogens is 250 g/mol. The normalized spacial score (nSPS) is 10.7. The van der Waals surface area contributed by atoms with Crippen molar-refractivity contribution < 1.29 is 4.74 Å². The summed E-state index contributed by atoms with van der Waals surface area (Å²) in [6.07, 6.45) is 1.83. The summed E-state index contributed by atoms with van der Waals surface area (Å²) in [6, 6.07) is 14.2. The van der Waals surface area contributed by atoms with Crippen LogP contribution in [0.15, 0.2) is 48.8 Å².